The summed E-state index contributed by atoms with van der Waals surface area (Å²) < 4.78 is 0. The molecule has 0 fully saturated rings. The van der Waals surface area contributed by atoms with E-state index in [1.165, 1.54) is 22.3 Å². The van der Waals surface area contributed by atoms with Crippen LogP contribution in [0, 0.1) is 26.8 Å². The minimum Gasteiger partial charge on any atom is -0.505 e. The van der Waals surface area contributed by atoms with Crippen LogP contribution >= 0.6 is 0 Å². The van der Waals surface area contributed by atoms with E-state index in [0.717, 1.165) is 56.1 Å². The van der Waals surface area contributed by atoms with Crippen molar-refractivity contribution in [3.8, 4) is 28.1 Å². The van der Waals surface area contributed by atoms with Gasteiger partial charge < -0.3 is 10.0 Å². The number of hydrogen-bond acceptors (Lipinski definition) is 4. The summed E-state index contributed by atoms with van der Waals surface area (Å²) in [4.78, 5) is 12.1. The number of aryl methyl sites for hydroxylation is 3. The first kappa shape index (κ1) is 31.7. The fourth-order valence-electron chi connectivity index (χ4n) is 7.22. The average Bonchev–Trinajstić information content (AvgIpc) is 3.02. The Balaban J connectivity index is 0.00000372. The largest absolute Gasteiger partial charge is 0.505 e. The van der Waals surface area contributed by atoms with Crippen LogP contribution < -0.4 is 4.90 Å². The van der Waals surface area contributed by atoms with E-state index in [4.69, 9.17) is 9.97 Å². The van der Waals surface area contributed by atoms with Crippen molar-refractivity contribution in [1.82, 2.24) is 9.97 Å². The maximum Gasteiger partial charge on any atom is 0.148 e. The van der Waals surface area contributed by atoms with Crippen molar-refractivity contribution in [2.24, 2.45) is 0 Å². The summed E-state index contributed by atoms with van der Waals surface area (Å²) in [7, 11) is 0. The molecule has 0 spiro atoms. The fourth-order valence-corrected chi connectivity index (χ4v) is 7.22. The molecule has 7 rings (SSSR count). The number of phenols is 1. The van der Waals surface area contributed by atoms with Crippen molar-refractivity contribution >= 4 is 28.1 Å². The molecule has 4 nitrogen and oxygen atoms in total. The summed E-state index contributed by atoms with van der Waals surface area (Å²) >= 11 is 0. The molecule has 0 aliphatic carbocycles. The van der Waals surface area contributed by atoms with Crippen LogP contribution in [-0.2, 0) is 26.5 Å². The van der Waals surface area contributed by atoms with Crippen LogP contribution in [0.4, 0.5) is 17.2 Å². The van der Waals surface area contributed by atoms with Crippen LogP contribution in [0.25, 0.3) is 33.3 Å². The third kappa shape index (κ3) is 5.04. The van der Waals surface area contributed by atoms with Gasteiger partial charge in [0, 0.05) is 43.9 Å². The Kier molecular flexibility index (Phi) is 8.15. The Labute approximate surface area is 286 Å². The Morgan fingerprint density at radius 3 is 2.24 bits per heavy atom. The maximum atomic E-state index is 11.9. The standard InChI is InChI=1S/C41H38N3O.Pt/c1-24(2)30-23-31(38-26(4)20-25(3)21-27(38)5)40(45)39-29(30)16-18-34(43-39)28-15-17-33-36(22-28)44(37-14-10-11-19-42-37)35-13-9-8-12-32(35)41(33,6)7;/h8-21,23-24,45H,1-7H3;/q-1;. The average molecular weight is 784 g/mol. The summed E-state index contributed by atoms with van der Waals surface area (Å²) in [5.74, 6) is 1.32. The molecule has 0 amide bonds. The number of anilines is 3. The zero-order valence-corrected chi connectivity index (χ0v) is 29.6. The van der Waals surface area contributed by atoms with Gasteiger partial charge in [0.2, 0.25) is 0 Å². The molecule has 0 bridgehead atoms. The van der Waals surface area contributed by atoms with Crippen LogP contribution in [0.2, 0.25) is 0 Å². The van der Waals surface area contributed by atoms with Crippen LogP contribution in [0.15, 0.2) is 91.1 Å². The van der Waals surface area contributed by atoms with E-state index in [-0.39, 0.29) is 38.1 Å². The zero-order chi connectivity index (χ0) is 31.6. The monoisotopic (exact) mass is 783 g/mol. The predicted octanol–water partition coefficient (Wildman–Crippen LogP) is 10.6. The fraction of sp³-hybridized carbons (Fsp3) is 0.220. The first-order valence-corrected chi connectivity index (χ1v) is 15.7. The number of aromatic hydroxyl groups is 1. The molecule has 46 heavy (non-hydrogen) atoms. The second-order valence-electron chi connectivity index (χ2n) is 13.2. The molecule has 0 saturated carbocycles. The Bertz CT molecular complexity index is 2090. The SMILES string of the molecule is Cc1cc(C)c(-c2cc(C(C)C)c3ccc(-c4[c-]c5c(cc4)C(C)(C)c4ccccc4N5c4ccccn4)nc3c2O)c(C)c1.[Pt]. The number of nitrogens with zero attached hydrogens (tertiary/aromatic N) is 3. The second kappa shape index (κ2) is 11.8. The van der Waals surface area contributed by atoms with Crippen molar-refractivity contribution in [2.75, 3.05) is 4.90 Å². The number of benzene rings is 4. The normalized spacial score (nSPS) is 13.3. The van der Waals surface area contributed by atoms with E-state index < -0.39 is 0 Å². The molecule has 6 aromatic rings. The first-order chi connectivity index (χ1) is 21.6. The summed E-state index contributed by atoms with van der Waals surface area (Å²) in [6.07, 6.45) is 1.83. The van der Waals surface area contributed by atoms with E-state index in [2.05, 4.69) is 126 Å². The smallest absolute Gasteiger partial charge is 0.148 e. The van der Waals surface area contributed by atoms with E-state index in [9.17, 15) is 5.11 Å². The van der Waals surface area contributed by atoms with Gasteiger partial charge >= 0.3 is 0 Å². The van der Waals surface area contributed by atoms with Gasteiger partial charge in [-0.15, -0.1) is 23.8 Å². The molecule has 234 valence electrons. The van der Waals surface area contributed by atoms with Crippen LogP contribution in [0.5, 0.6) is 5.75 Å². The molecule has 0 saturated heterocycles. The summed E-state index contributed by atoms with van der Waals surface area (Å²) in [5.41, 5.74) is 13.1. The van der Waals surface area contributed by atoms with Gasteiger partial charge in [-0.3, -0.25) is 4.98 Å². The van der Waals surface area contributed by atoms with Gasteiger partial charge in [-0.05, 0) is 95.6 Å². The minimum atomic E-state index is -0.230. The van der Waals surface area contributed by atoms with Crippen molar-refractivity contribution in [2.45, 2.75) is 59.8 Å². The zero-order valence-electron chi connectivity index (χ0n) is 27.3. The Morgan fingerprint density at radius 2 is 1.54 bits per heavy atom. The van der Waals surface area contributed by atoms with Crippen LogP contribution in [-0.4, -0.2) is 15.1 Å². The van der Waals surface area contributed by atoms with Crippen LogP contribution in [0.3, 0.4) is 0 Å². The summed E-state index contributed by atoms with van der Waals surface area (Å²) in [6, 6.07) is 33.3. The van der Waals surface area contributed by atoms with E-state index in [1.807, 2.05) is 24.4 Å². The third-order valence-corrected chi connectivity index (χ3v) is 9.35. The van der Waals surface area contributed by atoms with Crippen LogP contribution in [0.1, 0.15) is 67.0 Å². The number of para-hydroxylation sites is 1. The number of rotatable bonds is 4. The molecule has 5 heteroatoms. The van der Waals surface area contributed by atoms with Crippen molar-refractivity contribution < 1.29 is 26.2 Å². The van der Waals surface area contributed by atoms with E-state index >= 15 is 0 Å². The van der Waals surface area contributed by atoms with Gasteiger partial charge in [0.25, 0.3) is 0 Å². The van der Waals surface area contributed by atoms with Gasteiger partial charge in [-0.2, -0.15) is 0 Å². The second-order valence-corrected chi connectivity index (χ2v) is 13.2. The van der Waals surface area contributed by atoms with Crippen molar-refractivity contribution in [3.63, 3.8) is 0 Å². The number of phenolic OH excluding ortho intramolecular Hbond substituents is 1. The number of hydrogen-bond donors (Lipinski definition) is 1. The Morgan fingerprint density at radius 1 is 0.826 bits per heavy atom. The molecule has 4 aromatic carbocycles. The molecule has 3 heterocycles. The quantitative estimate of drug-likeness (QED) is 0.181. The van der Waals surface area contributed by atoms with Gasteiger partial charge in [0.05, 0.1) is 0 Å². The topological polar surface area (TPSA) is 49.2 Å². The molecule has 1 aliphatic rings. The molecule has 0 unspecified atom stereocenters. The van der Waals surface area contributed by atoms with Gasteiger partial charge in [0.1, 0.15) is 17.1 Å². The number of aromatic nitrogens is 2. The number of fused-ring (bicyclic) bond motifs is 3. The van der Waals surface area contributed by atoms with Gasteiger partial charge in [-0.1, -0.05) is 87.4 Å². The molecular formula is C41H38N3OPt-. The Hall–Kier alpha value is -4.27. The van der Waals surface area contributed by atoms with Crippen molar-refractivity contribution in [1.29, 1.82) is 0 Å². The van der Waals surface area contributed by atoms with Crippen molar-refractivity contribution in [3.05, 3.63) is 131 Å². The molecule has 1 N–H and O–H groups in total. The van der Waals surface area contributed by atoms with E-state index in [1.54, 1.807) is 0 Å². The van der Waals surface area contributed by atoms with Gasteiger partial charge in [0.15, 0.2) is 0 Å². The summed E-state index contributed by atoms with van der Waals surface area (Å²) in [6.45, 7) is 15.3. The van der Waals surface area contributed by atoms with E-state index in [0.29, 0.717) is 5.52 Å². The molecule has 0 radical (unpaired) electrons. The first-order valence-electron chi connectivity index (χ1n) is 15.7. The predicted molar refractivity (Wildman–Crippen MR) is 186 cm³/mol. The van der Waals surface area contributed by atoms with Gasteiger partial charge in [-0.25, -0.2) is 4.98 Å². The molecule has 2 aromatic heterocycles. The molecular weight excluding hydrogens is 746 g/mol. The molecule has 1 aliphatic heterocycles. The number of pyridine rings is 2. The summed E-state index contributed by atoms with van der Waals surface area (Å²) in [5, 5.41) is 12.8. The maximum absolute atomic E-state index is 11.9. The minimum absolute atomic E-state index is 0. The molecule has 0 atom stereocenters. The third-order valence-electron chi connectivity index (χ3n) is 9.35.